The predicted molar refractivity (Wildman–Crippen MR) is 58.0 cm³/mol. The van der Waals surface area contributed by atoms with Crippen LogP contribution in [0.2, 0.25) is 0 Å². The largest absolute Gasteiger partial charge is 0.324 e. The summed E-state index contributed by atoms with van der Waals surface area (Å²) in [7, 11) is 0. The number of fused-ring (bicyclic) bond motifs is 1. The fraction of sp³-hybridized carbons (Fsp3) is 0.273. The number of rotatable bonds is 3. The van der Waals surface area contributed by atoms with Crippen LogP contribution in [0.3, 0.4) is 0 Å². The molecule has 0 aromatic carbocycles. The third-order valence-corrected chi connectivity index (χ3v) is 2.43. The Balaban J connectivity index is 2.57. The third kappa shape index (κ3) is 1.64. The lowest BCUT2D eigenvalue weighted by Crippen LogP contribution is -2.14. The molecule has 2 aromatic heterocycles. The van der Waals surface area contributed by atoms with Crippen LogP contribution < -0.4 is 5.73 Å². The average Bonchev–Trinajstić information content (AvgIpc) is 2.69. The van der Waals surface area contributed by atoms with E-state index in [1.54, 1.807) is 18.5 Å². The summed E-state index contributed by atoms with van der Waals surface area (Å²) in [5, 5.41) is 0. The van der Waals surface area contributed by atoms with Crippen molar-refractivity contribution in [3.8, 4) is 0 Å². The van der Waals surface area contributed by atoms with Gasteiger partial charge in [0.15, 0.2) is 5.78 Å². The number of carbonyl (C=O) groups excluding carboxylic acids is 1. The summed E-state index contributed by atoms with van der Waals surface area (Å²) in [6.45, 7) is 2.08. The summed E-state index contributed by atoms with van der Waals surface area (Å²) < 4.78 is 1.93. The quantitative estimate of drug-likeness (QED) is 0.758. The summed E-state index contributed by atoms with van der Waals surface area (Å²) >= 11 is 0. The van der Waals surface area contributed by atoms with E-state index in [4.69, 9.17) is 5.73 Å². The van der Waals surface area contributed by atoms with E-state index < -0.39 is 0 Å². The molecular formula is C11H13N3O. The van der Waals surface area contributed by atoms with Crippen LogP contribution in [0.15, 0.2) is 24.5 Å². The van der Waals surface area contributed by atoms with Crippen LogP contribution in [0.4, 0.5) is 0 Å². The average molecular weight is 203 g/mol. The molecule has 15 heavy (non-hydrogen) atoms. The number of nitrogens with zero attached hydrogens (tertiary/aromatic N) is 2. The molecule has 0 aliphatic carbocycles. The highest BCUT2D eigenvalue weighted by Crippen LogP contribution is 2.10. The number of imidazole rings is 1. The van der Waals surface area contributed by atoms with Crippen LogP contribution in [-0.2, 0) is 6.42 Å². The summed E-state index contributed by atoms with van der Waals surface area (Å²) in [5.74, 6) is 0.907. The normalized spacial score (nSPS) is 10.8. The fourth-order valence-electron chi connectivity index (χ4n) is 1.59. The molecular weight excluding hydrogens is 190 g/mol. The zero-order valence-corrected chi connectivity index (χ0v) is 8.60. The molecule has 4 heteroatoms. The van der Waals surface area contributed by atoms with E-state index in [1.165, 1.54) is 0 Å². The highest BCUT2D eigenvalue weighted by Gasteiger charge is 2.06. The minimum atomic E-state index is -0.0485. The first-order chi connectivity index (χ1) is 7.26. The number of aromatic nitrogens is 2. The molecule has 0 atom stereocenters. The van der Waals surface area contributed by atoms with Gasteiger partial charge in [-0.15, -0.1) is 0 Å². The van der Waals surface area contributed by atoms with Crippen molar-refractivity contribution < 1.29 is 4.79 Å². The van der Waals surface area contributed by atoms with Crippen molar-refractivity contribution >= 4 is 11.3 Å². The maximum absolute atomic E-state index is 11.4. The fourth-order valence-corrected chi connectivity index (χ4v) is 1.59. The van der Waals surface area contributed by atoms with Crippen LogP contribution >= 0.6 is 0 Å². The molecule has 2 N–H and O–H groups in total. The van der Waals surface area contributed by atoms with Gasteiger partial charge in [-0.05, 0) is 12.1 Å². The highest BCUT2D eigenvalue weighted by atomic mass is 16.1. The van der Waals surface area contributed by atoms with Crippen LogP contribution in [0, 0.1) is 0 Å². The van der Waals surface area contributed by atoms with Gasteiger partial charge in [0.2, 0.25) is 0 Å². The summed E-state index contributed by atoms with van der Waals surface area (Å²) in [4.78, 5) is 15.7. The second-order valence-electron chi connectivity index (χ2n) is 3.37. The van der Waals surface area contributed by atoms with Gasteiger partial charge in [0.25, 0.3) is 0 Å². The first kappa shape index (κ1) is 9.86. The maximum Gasteiger partial charge on any atom is 0.177 e. The van der Waals surface area contributed by atoms with E-state index in [-0.39, 0.29) is 12.3 Å². The minimum absolute atomic E-state index is 0.0433. The smallest absolute Gasteiger partial charge is 0.177 e. The van der Waals surface area contributed by atoms with Gasteiger partial charge in [-0.25, -0.2) is 4.98 Å². The predicted octanol–water partition coefficient (Wildman–Crippen LogP) is 1.04. The number of ketones is 1. The molecule has 2 aromatic rings. The van der Waals surface area contributed by atoms with Crippen LogP contribution in [0.5, 0.6) is 0 Å². The number of Topliss-reactive ketones (excluding diaryl/α,β-unsaturated/α-hetero) is 1. The summed E-state index contributed by atoms with van der Waals surface area (Å²) in [6, 6.07) is 3.67. The van der Waals surface area contributed by atoms with Gasteiger partial charge < -0.3 is 10.1 Å². The standard InChI is InChI=1S/C11H13N3O/c1-2-11-13-6-9-4-3-8(7-14(9)11)10(15)5-12/h3-4,6-7H,2,5,12H2,1H3. The summed E-state index contributed by atoms with van der Waals surface area (Å²) in [5.41, 5.74) is 6.96. The zero-order chi connectivity index (χ0) is 10.8. The van der Waals surface area contributed by atoms with Gasteiger partial charge in [-0.2, -0.15) is 0 Å². The van der Waals surface area contributed by atoms with Gasteiger partial charge in [0, 0.05) is 18.2 Å². The monoisotopic (exact) mass is 203 g/mol. The molecule has 0 aliphatic rings. The van der Waals surface area contributed by atoms with Crippen molar-refractivity contribution in [3.05, 3.63) is 35.9 Å². The van der Waals surface area contributed by atoms with Crippen molar-refractivity contribution in [1.29, 1.82) is 0 Å². The molecule has 0 spiro atoms. The van der Waals surface area contributed by atoms with Crippen LogP contribution in [-0.4, -0.2) is 21.7 Å². The molecule has 2 heterocycles. The molecule has 0 aliphatic heterocycles. The molecule has 0 amide bonds. The van der Waals surface area contributed by atoms with Crippen LogP contribution in [0.1, 0.15) is 23.1 Å². The molecule has 78 valence electrons. The van der Waals surface area contributed by atoms with Crippen LogP contribution in [0.25, 0.3) is 5.52 Å². The second kappa shape index (κ2) is 3.82. The molecule has 0 saturated heterocycles. The summed E-state index contributed by atoms with van der Waals surface area (Å²) in [6.07, 6.45) is 4.44. The van der Waals surface area contributed by atoms with Gasteiger partial charge in [-0.3, -0.25) is 4.79 Å². The Bertz CT molecular complexity index is 502. The van der Waals surface area contributed by atoms with Crippen molar-refractivity contribution in [1.82, 2.24) is 9.38 Å². The van der Waals surface area contributed by atoms with Crippen molar-refractivity contribution in [2.75, 3.05) is 6.54 Å². The Morgan fingerprint density at radius 2 is 2.33 bits per heavy atom. The number of carbonyl (C=O) groups is 1. The Hall–Kier alpha value is -1.68. The molecule has 4 nitrogen and oxygen atoms in total. The first-order valence-electron chi connectivity index (χ1n) is 4.95. The van der Waals surface area contributed by atoms with E-state index in [2.05, 4.69) is 4.98 Å². The molecule has 0 fully saturated rings. The topological polar surface area (TPSA) is 60.4 Å². The van der Waals surface area contributed by atoms with E-state index >= 15 is 0 Å². The number of hydrogen-bond acceptors (Lipinski definition) is 3. The van der Waals surface area contributed by atoms with Crippen molar-refractivity contribution in [2.24, 2.45) is 5.73 Å². The van der Waals surface area contributed by atoms with Gasteiger partial charge in [-0.1, -0.05) is 6.92 Å². The van der Waals surface area contributed by atoms with Crippen molar-refractivity contribution in [2.45, 2.75) is 13.3 Å². The maximum atomic E-state index is 11.4. The van der Waals surface area contributed by atoms with E-state index in [0.29, 0.717) is 5.56 Å². The zero-order valence-electron chi connectivity index (χ0n) is 8.60. The highest BCUT2D eigenvalue weighted by molar-refractivity contribution is 5.97. The van der Waals surface area contributed by atoms with Crippen molar-refractivity contribution in [3.63, 3.8) is 0 Å². The molecule has 2 rings (SSSR count). The number of pyridine rings is 1. The van der Waals surface area contributed by atoms with E-state index in [1.807, 2.05) is 17.4 Å². The van der Waals surface area contributed by atoms with Gasteiger partial charge >= 0.3 is 0 Å². The number of aryl methyl sites for hydroxylation is 1. The molecule has 0 saturated carbocycles. The Kier molecular flexibility index (Phi) is 2.51. The SMILES string of the molecule is CCc1ncc2ccc(C(=O)CN)cn12. The lowest BCUT2D eigenvalue weighted by molar-refractivity contribution is 0.100. The van der Waals surface area contributed by atoms with Gasteiger partial charge in [0.1, 0.15) is 5.82 Å². The Morgan fingerprint density at radius 3 is 3.00 bits per heavy atom. The minimum Gasteiger partial charge on any atom is -0.324 e. The van der Waals surface area contributed by atoms with Gasteiger partial charge in [0.05, 0.1) is 18.3 Å². The molecule has 0 radical (unpaired) electrons. The third-order valence-electron chi connectivity index (χ3n) is 2.43. The molecule has 0 bridgehead atoms. The first-order valence-corrected chi connectivity index (χ1v) is 4.95. The van der Waals surface area contributed by atoms with E-state index in [0.717, 1.165) is 17.8 Å². The second-order valence-corrected chi connectivity index (χ2v) is 3.37. The Labute approximate surface area is 87.7 Å². The lowest BCUT2D eigenvalue weighted by atomic mass is 10.2. The van der Waals surface area contributed by atoms with E-state index in [9.17, 15) is 4.79 Å². The number of hydrogen-bond donors (Lipinski definition) is 1. The number of nitrogens with two attached hydrogens (primary N) is 1. The Morgan fingerprint density at radius 1 is 1.53 bits per heavy atom. The lowest BCUT2D eigenvalue weighted by Gasteiger charge is -2.01. The molecule has 0 unspecified atom stereocenters.